The van der Waals surface area contributed by atoms with E-state index in [1.165, 1.54) is 17.0 Å². The number of halogens is 1. The van der Waals surface area contributed by atoms with Crippen LogP contribution in [0.3, 0.4) is 0 Å². The highest BCUT2D eigenvalue weighted by Gasteiger charge is 2.02. The monoisotopic (exact) mass is 240 g/mol. The van der Waals surface area contributed by atoms with Gasteiger partial charge in [-0.1, -0.05) is 0 Å². The zero-order valence-corrected chi connectivity index (χ0v) is 9.45. The SMILES string of the molecule is Nc1cc(F)ccc1SCc1cncs1. The van der Waals surface area contributed by atoms with Crippen molar-refractivity contribution in [3.05, 3.63) is 40.6 Å². The molecular weight excluding hydrogens is 231 g/mol. The lowest BCUT2D eigenvalue weighted by molar-refractivity contribution is 0.627. The van der Waals surface area contributed by atoms with Crippen LogP contribution in [0.5, 0.6) is 0 Å². The van der Waals surface area contributed by atoms with Crippen LogP contribution in [0, 0.1) is 5.82 Å². The molecule has 1 aromatic heterocycles. The first kappa shape index (κ1) is 10.4. The van der Waals surface area contributed by atoms with Gasteiger partial charge in [0.15, 0.2) is 0 Å². The minimum Gasteiger partial charge on any atom is -0.398 e. The van der Waals surface area contributed by atoms with Crippen molar-refractivity contribution in [2.24, 2.45) is 0 Å². The first-order chi connectivity index (χ1) is 7.25. The van der Waals surface area contributed by atoms with Gasteiger partial charge in [0.25, 0.3) is 0 Å². The fraction of sp³-hybridized carbons (Fsp3) is 0.100. The summed E-state index contributed by atoms with van der Waals surface area (Å²) in [5.74, 6) is 0.523. The second kappa shape index (κ2) is 4.63. The summed E-state index contributed by atoms with van der Waals surface area (Å²) < 4.78 is 12.8. The average molecular weight is 240 g/mol. The molecule has 0 unspecified atom stereocenters. The van der Waals surface area contributed by atoms with Gasteiger partial charge >= 0.3 is 0 Å². The van der Waals surface area contributed by atoms with Crippen LogP contribution in [0.4, 0.5) is 10.1 Å². The number of aromatic nitrogens is 1. The van der Waals surface area contributed by atoms with Crippen LogP contribution < -0.4 is 5.73 Å². The van der Waals surface area contributed by atoms with E-state index >= 15 is 0 Å². The molecule has 0 saturated carbocycles. The van der Waals surface area contributed by atoms with E-state index in [0.29, 0.717) is 5.69 Å². The highest BCUT2D eigenvalue weighted by molar-refractivity contribution is 7.98. The van der Waals surface area contributed by atoms with Crippen LogP contribution in [0.2, 0.25) is 0 Å². The number of nitrogens with two attached hydrogens (primary N) is 1. The fourth-order valence-electron chi connectivity index (χ4n) is 1.11. The summed E-state index contributed by atoms with van der Waals surface area (Å²) in [6.07, 6.45) is 1.83. The molecule has 0 aliphatic carbocycles. The van der Waals surface area contributed by atoms with Crippen molar-refractivity contribution >= 4 is 28.8 Å². The van der Waals surface area contributed by atoms with Gasteiger partial charge in [-0.15, -0.1) is 23.1 Å². The molecule has 1 heterocycles. The van der Waals surface area contributed by atoms with E-state index in [2.05, 4.69) is 4.98 Å². The molecule has 0 saturated heterocycles. The highest BCUT2D eigenvalue weighted by Crippen LogP contribution is 2.29. The molecule has 0 radical (unpaired) electrons. The lowest BCUT2D eigenvalue weighted by atomic mass is 10.3. The van der Waals surface area contributed by atoms with Crippen LogP contribution in [-0.2, 0) is 5.75 Å². The molecule has 0 spiro atoms. The average Bonchev–Trinajstić information content (AvgIpc) is 2.69. The van der Waals surface area contributed by atoms with Crippen molar-refractivity contribution in [1.29, 1.82) is 0 Å². The zero-order chi connectivity index (χ0) is 10.7. The molecule has 0 fully saturated rings. The van der Waals surface area contributed by atoms with E-state index in [9.17, 15) is 4.39 Å². The van der Waals surface area contributed by atoms with Gasteiger partial charge in [0.05, 0.1) is 5.51 Å². The molecule has 0 bridgehead atoms. The van der Waals surface area contributed by atoms with Gasteiger partial charge in [-0.25, -0.2) is 4.39 Å². The Hall–Kier alpha value is -1.07. The van der Waals surface area contributed by atoms with Crippen LogP contribution in [0.1, 0.15) is 4.88 Å². The number of thiazole rings is 1. The van der Waals surface area contributed by atoms with Crippen LogP contribution in [0.25, 0.3) is 0 Å². The fourth-order valence-corrected chi connectivity index (χ4v) is 2.70. The van der Waals surface area contributed by atoms with Gasteiger partial charge in [0, 0.05) is 27.4 Å². The Morgan fingerprint density at radius 3 is 3.00 bits per heavy atom. The Bertz CT molecular complexity index is 443. The summed E-state index contributed by atoms with van der Waals surface area (Å²) in [7, 11) is 0. The number of nitrogens with zero attached hydrogens (tertiary/aromatic N) is 1. The summed E-state index contributed by atoms with van der Waals surface area (Å²) >= 11 is 3.20. The van der Waals surface area contributed by atoms with Gasteiger partial charge in [0.1, 0.15) is 5.82 Å². The normalized spacial score (nSPS) is 10.5. The third kappa shape index (κ3) is 2.70. The topological polar surface area (TPSA) is 38.9 Å². The molecule has 2 rings (SSSR count). The van der Waals surface area contributed by atoms with Crippen LogP contribution >= 0.6 is 23.1 Å². The summed E-state index contributed by atoms with van der Waals surface area (Å²) in [6, 6.07) is 4.47. The molecule has 78 valence electrons. The van der Waals surface area contributed by atoms with Crippen LogP contribution in [0.15, 0.2) is 34.8 Å². The van der Waals surface area contributed by atoms with E-state index < -0.39 is 0 Å². The minimum absolute atomic E-state index is 0.297. The smallest absolute Gasteiger partial charge is 0.125 e. The first-order valence-corrected chi connectivity index (χ1v) is 6.17. The van der Waals surface area contributed by atoms with Crippen molar-refractivity contribution in [3.63, 3.8) is 0 Å². The molecule has 0 aliphatic heterocycles. The highest BCUT2D eigenvalue weighted by atomic mass is 32.2. The quantitative estimate of drug-likeness (QED) is 0.661. The van der Waals surface area contributed by atoms with E-state index in [4.69, 9.17) is 5.73 Å². The van der Waals surface area contributed by atoms with Crippen molar-refractivity contribution in [1.82, 2.24) is 4.98 Å². The molecule has 2 aromatic rings. The van der Waals surface area contributed by atoms with Gasteiger partial charge < -0.3 is 5.73 Å². The van der Waals surface area contributed by atoms with Gasteiger partial charge in [0.2, 0.25) is 0 Å². The number of nitrogen functional groups attached to an aromatic ring is 1. The molecule has 2 nitrogen and oxygen atoms in total. The Kier molecular flexibility index (Phi) is 3.23. The maximum absolute atomic E-state index is 12.8. The zero-order valence-electron chi connectivity index (χ0n) is 7.81. The van der Waals surface area contributed by atoms with Crippen molar-refractivity contribution < 1.29 is 4.39 Å². The molecule has 0 aliphatic rings. The third-order valence-electron chi connectivity index (χ3n) is 1.83. The predicted molar refractivity (Wildman–Crippen MR) is 62.5 cm³/mol. The Morgan fingerprint density at radius 2 is 2.33 bits per heavy atom. The molecule has 1 aromatic carbocycles. The summed E-state index contributed by atoms with van der Waals surface area (Å²) in [5.41, 5.74) is 7.97. The number of thioether (sulfide) groups is 1. The maximum atomic E-state index is 12.8. The predicted octanol–water partition coefficient (Wildman–Crippen LogP) is 3.16. The second-order valence-electron chi connectivity index (χ2n) is 2.94. The van der Waals surface area contributed by atoms with E-state index in [1.54, 1.807) is 34.7 Å². The number of anilines is 1. The van der Waals surface area contributed by atoms with E-state index in [1.807, 2.05) is 6.20 Å². The number of benzene rings is 1. The van der Waals surface area contributed by atoms with Crippen molar-refractivity contribution in [3.8, 4) is 0 Å². The molecular formula is C10H9FN2S2. The van der Waals surface area contributed by atoms with Gasteiger partial charge in [-0.2, -0.15) is 0 Å². The lowest BCUT2D eigenvalue weighted by Crippen LogP contribution is -1.89. The summed E-state index contributed by atoms with van der Waals surface area (Å²) in [4.78, 5) is 6.08. The number of hydrogen-bond acceptors (Lipinski definition) is 4. The minimum atomic E-state index is -0.297. The molecule has 5 heteroatoms. The van der Waals surface area contributed by atoms with Gasteiger partial charge in [-0.3, -0.25) is 4.98 Å². The summed E-state index contributed by atoms with van der Waals surface area (Å²) in [5, 5.41) is 0. The number of rotatable bonds is 3. The van der Waals surface area contributed by atoms with E-state index in [0.717, 1.165) is 10.6 Å². The molecule has 15 heavy (non-hydrogen) atoms. The second-order valence-corrected chi connectivity index (χ2v) is 4.93. The Morgan fingerprint density at radius 1 is 1.47 bits per heavy atom. The van der Waals surface area contributed by atoms with Crippen molar-refractivity contribution in [2.45, 2.75) is 10.6 Å². The molecule has 2 N–H and O–H groups in total. The van der Waals surface area contributed by atoms with Crippen LogP contribution in [-0.4, -0.2) is 4.98 Å². The Labute approximate surface area is 95.3 Å². The molecule has 0 atom stereocenters. The molecule has 0 amide bonds. The van der Waals surface area contributed by atoms with Crippen molar-refractivity contribution in [2.75, 3.05) is 5.73 Å². The standard InChI is InChI=1S/C10H9FN2S2/c11-7-1-2-10(9(12)3-7)14-5-8-4-13-6-15-8/h1-4,6H,5,12H2. The van der Waals surface area contributed by atoms with E-state index in [-0.39, 0.29) is 5.82 Å². The number of hydrogen-bond donors (Lipinski definition) is 1. The van der Waals surface area contributed by atoms with Gasteiger partial charge in [-0.05, 0) is 18.2 Å². The maximum Gasteiger partial charge on any atom is 0.125 e. The summed E-state index contributed by atoms with van der Waals surface area (Å²) in [6.45, 7) is 0. The first-order valence-electron chi connectivity index (χ1n) is 4.31. The Balaban J connectivity index is 2.05. The largest absolute Gasteiger partial charge is 0.398 e. The lowest BCUT2D eigenvalue weighted by Gasteiger charge is -2.03. The third-order valence-corrected chi connectivity index (χ3v) is 3.93.